The van der Waals surface area contributed by atoms with Crippen LogP contribution in [-0.2, 0) is 16.0 Å². The first kappa shape index (κ1) is 20.8. The predicted molar refractivity (Wildman–Crippen MR) is 122 cm³/mol. The molecular weight excluding hydrogens is 420 g/mol. The summed E-state index contributed by atoms with van der Waals surface area (Å²) in [4.78, 5) is 31.9. The van der Waals surface area contributed by atoms with Crippen LogP contribution < -0.4 is 14.4 Å². The standard InChI is InChI=1S/C26H22N2O5/c1-2-32-20-6-4-19(5-7-20)28-23(16-9-12-27-13-10-16)22(25(30)26(28)31)24(29)18-3-8-21-17(15-18)11-14-33-21/h3-10,12-13,15,23,29H,2,11,14H2,1H3/b24-22-. The topological polar surface area (TPSA) is 89.0 Å². The van der Waals surface area contributed by atoms with Crippen molar-refractivity contribution in [1.82, 2.24) is 4.98 Å². The lowest BCUT2D eigenvalue weighted by Crippen LogP contribution is -2.29. The average Bonchev–Trinajstić information content (AvgIpc) is 3.42. The van der Waals surface area contributed by atoms with Crippen LogP contribution >= 0.6 is 0 Å². The molecule has 0 radical (unpaired) electrons. The Kier molecular flexibility index (Phi) is 5.30. The van der Waals surface area contributed by atoms with Crippen LogP contribution in [0.1, 0.15) is 29.7 Å². The van der Waals surface area contributed by atoms with Crippen molar-refractivity contribution in [3.8, 4) is 11.5 Å². The highest BCUT2D eigenvalue weighted by atomic mass is 16.5. The second-order valence-corrected chi connectivity index (χ2v) is 7.80. The normalized spacial score (nSPS) is 18.8. The van der Waals surface area contributed by atoms with Gasteiger partial charge in [-0.3, -0.25) is 19.5 Å². The third kappa shape index (κ3) is 3.61. The van der Waals surface area contributed by atoms with Crippen molar-refractivity contribution in [2.75, 3.05) is 18.1 Å². The fraction of sp³-hybridized carbons (Fsp3) is 0.192. The summed E-state index contributed by atoms with van der Waals surface area (Å²) in [5, 5.41) is 11.3. The minimum absolute atomic E-state index is 0.0407. The van der Waals surface area contributed by atoms with E-state index < -0.39 is 17.7 Å². The van der Waals surface area contributed by atoms with E-state index >= 15 is 0 Å². The zero-order valence-electron chi connectivity index (χ0n) is 18.0. The first-order chi connectivity index (χ1) is 16.1. The molecule has 2 aromatic carbocycles. The fourth-order valence-electron chi connectivity index (χ4n) is 4.32. The lowest BCUT2D eigenvalue weighted by molar-refractivity contribution is -0.132. The number of hydrogen-bond donors (Lipinski definition) is 1. The van der Waals surface area contributed by atoms with E-state index in [0.717, 1.165) is 17.7 Å². The number of hydrogen-bond acceptors (Lipinski definition) is 6. The third-order valence-corrected chi connectivity index (χ3v) is 5.86. The molecule has 0 saturated carbocycles. The molecule has 1 unspecified atom stereocenters. The Labute approximate surface area is 190 Å². The number of Topliss-reactive ketones (excluding diaryl/α,β-unsaturated/α-hetero) is 1. The minimum atomic E-state index is -0.796. The van der Waals surface area contributed by atoms with Gasteiger partial charge in [-0.15, -0.1) is 0 Å². The second-order valence-electron chi connectivity index (χ2n) is 7.80. The van der Waals surface area contributed by atoms with Gasteiger partial charge < -0.3 is 14.6 Å². The number of ketones is 1. The summed E-state index contributed by atoms with van der Waals surface area (Å²) < 4.78 is 11.0. The minimum Gasteiger partial charge on any atom is -0.507 e. The Morgan fingerprint density at radius 3 is 2.61 bits per heavy atom. The van der Waals surface area contributed by atoms with E-state index in [4.69, 9.17) is 9.47 Å². The highest BCUT2D eigenvalue weighted by Crippen LogP contribution is 2.42. The van der Waals surface area contributed by atoms with Gasteiger partial charge in [-0.1, -0.05) is 0 Å². The molecule has 3 heterocycles. The number of aromatic nitrogens is 1. The fourth-order valence-corrected chi connectivity index (χ4v) is 4.32. The van der Waals surface area contributed by atoms with Crippen LogP contribution in [0, 0.1) is 0 Å². The first-order valence-electron chi connectivity index (χ1n) is 10.8. The predicted octanol–water partition coefficient (Wildman–Crippen LogP) is 4.04. The Morgan fingerprint density at radius 1 is 1.12 bits per heavy atom. The molecule has 2 aliphatic rings. The molecule has 1 aromatic heterocycles. The summed E-state index contributed by atoms with van der Waals surface area (Å²) in [6, 6.07) is 14.9. The first-order valence-corrected chi connectivity index (χ1v) is 10.8. The van der Waals surface area contributed by atoms with Crippen molar-refractivity contribution in [2.24, 2.45) is 0 Å². The van der Waals surface area contributed by atoms with Gasteiger partial charge >= 0.3 is 0 Å². The number of amides is 1. The summed E-state index contributed by atoms with van der Waals surface area (Å²) in [5.74, 6) is -0.212. The number of rotatable bonds is 5. The lowest BCUT2D eigenvalue weighted by Gasteiger charge is -2.25. The molecule has 1 amide bonds. The molecule has 7 heteroatoms. The molecule has 0 aliphatic carbocycles. The number of aliphatic hydroxyl groups excluding tert-OH is 1. The van der Waals surface area contributed by atoms with E-state index in [1.54, 1.807) is 60.9 Å². The van der Waals surface area contributed by atoms with Gasteiger partial charge in [0.05, 0.1) is 24.8 Å². The molecule has 3 aromatic rings. The molecule has 0 bridgehead atoms. The highest BCUT2D eigenvalue weighted by Gasteiger charge is 2.47. The van der Waals surface area contributed by atoms with Crippen LogP contribution in [0.15, 0.2) is 72.6 Å². The van der Waals surface area contributed by atoms with Gasteiger partial charge in [0.15, 0.2) is 0 Å². The van der Waals surface area contributed by atoms with E-state index in [0.29, 0.717) is 35.8 Å². The van der Waals surface area contributed by atoms with Gasteiger partial charge in [0, 0.05) is 30.1 Å². The Hall–Kier alpha value is -4.13. The summed E-state index contributed by atoms with van der Waals surface area (Å²) in [6.45, 7) is 2.99. The number of ether oxygens (including phenoxy) is 2. The van der Waals surface area contributed by atoms with E-state index in [2.05, 4.69) is 4.98 Å². The number of fused-ring (bicyclic) bond motifs is 1. The van der Waals surface area contributed by atoms with Gasteiger partial charge in [0.2, 0.25) is 0 Å². The van der Waals surface area contributed by atoms with Gasteiger partial charge in [-0.2, -0.15) is 0 Å². The summed E-state index contributed by atoms with van der Waals surface area (Å²) in [5.41, 5.74) is 2.68. The average molecular weight is 442 g/mol. The number of nitrogens with zero attached hydrogens (tertiary/aromatic N) is 2. The SMILES string of the molecule is CCOc1ccc(N2C(=O)C(=O)/C(=C(\O)c3ccc4c(c3)CCO4)C2c2ccncc2)cc1. The molecule has 5 rings (SSSR count). The Balaban J connectivity index is 1.65. The molecule has 33 heavy (non-hydrogen) atoms. The number of pyridine rings is 1. The smallest absolute Gasteiger partial charge is 0.300 e. The molecule has 1 fully saturated rings. The lowest BCUT2D eigenvalue weighted by atomic mass is 9.95. The number of benzene rings is 2. The molecular formula is C26H22N2O5. The number of aliphatic hydroxyl groups is 1. The maximum absolute atomic E-state index is 13.2. The van der Waals surface area contributed by atoms with Gasteiger partial charge in [0.1, 0.15) is 17.3 Å². The number of carbonyl (C=O) groups is 2. The summed E-state index contributed by atoms with van der Waals surface area (Å²) in [7, 11) is 0. The van der Waals surface area contributed by atoms with Crippen molar-refractivity contribution >= 4 is 23.1 Å². The Morgan fingerprint density at radius 2 is 1.88 bits per heavy atom. The van der Waals surface area contributed by atoms with Crippen LogP contribution in [-0.4, -0.2) is 35.0 Å². The van der Waals surface area contributed by atoms with Crippen molar-refractivity contribution in [1.29, 1.82) is 0 Å². The van der Waals surface area contributed by atoms with Crippen LogP contribution in [0.3, 0.4) is 0 Å². The van der Waals surface area contributed by atoms with Crippen LogP contribution in [0.5, 0.6) is 11.5 Å². The highest BCUT2D eigenvalue weighted by molar-refractivity contribution is 6.51. The van der Waals surface area contributed by atoms with Crippen LogP contribution in [0.4, 0.5) is 5.69 Å². The number of anilines is 1. The molecule has 166 valence electrons. The third-order valence-electron chi connectivity index (χ3n) is 5.86. The maximum atomic E-state index is 13.2. The zero-order valence-corrected chi connectivity index (χ0v) is 18.0. The molecule has 1 saturated heterocycles. The molecule has 2 aliphatic heterocycles. The Bertz CT molecular complexity index is 1250. The van der Waals surface area contributed by atoms with Gasteiger partial charge in [-0.25, -0.2) is 0 Å². The molecule has 7 nitrogen and oxygen atoms in total. The quantitative estimate of drug-likeness (QED) is 0.364. The zero-order chi connectivity index (χ0) is 22.9. The van der Waals surface area contributed by atoms with Gasteiger partial charge in [0.25, 0.3) is 11.7 Å². The van der Waals surface area contributed by atoms with E-state index in [9.17, 15) is 14.7 Å². The number of carbonyl (C=O) groups excluding carboxylic acids is 2. The van der Waals surface area contributed by atoms with E-state index in [1.807, 2.05) is 13.0 Å². The largest absolute Gasteiger partial charge is 0.507 e. The van der Waals surface area contributed by atoms with Crippen LogP contribution in [0.25, 0.3) is 5.76 Å². The van der Waals surface area contributed by atoms with Crippen molar-refractivity contribution in [3.05, 3.63) is 89.3 Å². The maximum Gasteiger partial charge on any atom is 0.300 e. The second kappa shape index (κ2) is 8.43. The van der Waals surface area contributed by atoms with Crippen molar-refractivity contribution in [3.63, 3.8) is 0 Å². The summed E-state index contributed by atoms with van der Waals surface area (Å²) >= 11 is 0. The van der Waals surface area contributed by atoms with Crippen LogP contribution in [0.2, 0.25) is 0 Å². The van der Waals surface area contributed by atoms with E-state index in [-0.39, 0.29) is 11.3 Å². The monoisotopic (exact) mass is 442 g/mol. The van der Waals surface area contributed by atoms with E-state index in [1.165, 1.54) is 4.90 Å². The molecule has 1 atom stereocenters. The molecule has 1 N–H and O–H groups in total. The van der Waals surface area contributed by atoms with Crippen molar-refractivity contribution in [2.45, 2.75) is 19.4 Å². The summed E-state index contributed by atoms with van der Waals surface area (Å²) in [6.07, 6.45) is 3.92. The molecule has 0 spiro atoms. The van der Waals surface area contributed by atoms with Crippen molar-refractivity contribution < 1.29 is 24.2 Å². The van der Waals surface area contributed by atoms with Gasteiger partial charge in [-0.05, 0) is 72.6 Å².